The van der Waals surface area contributed by atoms with Gasteiger partial charge in [0.2, 0.25) is 0 Å². The molecule has 3 aromatic carbocycles. The number of hydrogen-bond acceptors (Lipinski definition) is 4. The van der Waals surface area contributed by atoms with Gasteiger partial charge in [0.05, 0.1) is 23.7 Å². The number of ether oxygens (including phenoxy) is 1. The Morgan fingerprint density at radius 3 is 2.12 bits per heavy atom. The molecular weight excluding hydrogens is 420 g/mol. The number of rotatable bonds is 9. The molecule has 0 amide bonds. The van der Waals surface area contributed by atoms with Gasteiger partial charge >= 0.3 is 0 Å². The van der Waals surface area contributed by atoms with Gasteiger partial charge in [-0.3, -0.25) is 4.98 Å². The van der Waals surface area contributed by atoms with Crippen LogP contribution in [0.2, 0.25) is 0 Å². The molecule has 0 spiro atoms. The first kappa shape index (κ1) is 21.6. The highest BCUT2D eigenvalue weighted by molar-refractivity contribution is 5.77. The first-order valence-corrected chi connectivity index (χ1v) is 11.5. The van der Waals surface area contributed by atoms with E-state index in [-0.39, 0.29) is 0 Å². The lowest BCUT2D eigenvalue weighted by Gasteiger charge is -2.11. The Morgan fingerprint density at radius 2 is 1.44 bits per heavy atom. The van der Waals surface area contributed by atoms with E-state index in [0.717, 1.165) is 59.0 Å². The molecule has 0 unspecified atom stereocenters. The number of benzene rings is 3. The fourth-order valence-corrected chi connectivity index (χ4v) is 3.89. The van der Waals surface area contributed by atoms with E-state index in [1.54, 1.807) is 6.20 Å². The second-order valence-electron chi connectivity index (χ2n) is 8.10. The van der Waals surface area contributed by atoms with E-state index in [0.29, 0.717) is 6.61 Å². The van der Waals surface area contributed by atoms with Gasteiger partial charge in [0.25, 0.3) is 0 Å². The largest absolute Gasteiger partial charge is 0.494 e. The Kier molecular flexibility index (Phi) is 6.72. The zero-order chi connectivity index (χ0) is 23.0. The summed E-state index contributed by atoms with van der Waals surface area (Å²) in [6.07, 6.45) is 7.96. The van der Waals surface area contributed by atoms with Crippen LogP contribution < -0.4 is 4.74 Å². The third kappa shape index (κ3) is 5.38. The van der Waals surface area contributed by atoms with Gasteiger partial charge in [0.15, 0.2) is 0 Å². The van der Waals surface area contributed by atoms with Gasteiger partial charge < -0.3 is 9.72 Å². The Bertz CT molecular complexity index is 1300. The van der Waals surface area contributed by atoms with Crippen molar-refractivity contribution in [2.75, 3.05) is 6.61 Å². The van der Waals surface area contributed by atoms with Gasteiger partial charge in [-0.05, 0) is 30.5 Å². The number of H-pyrrole nitrogens is 1. The predicted octanol–water partition coefficient (Wildman–Crippen LogP) is 6.14. The quantitative estimate of drug-likeness (QED) is 0.276. The molecule has 5 heteroatoms. The molecule has 2 aromatic heterocycles. The Balaban J connectivity index is 1.22. The third-order valence-electron chi connectivity index (χ3n) is 5.61. The maximum Gasteiger partial charge on any atom is 0.119 e. The molecule has 34 heavy (non-hydrogen) atoms. The van der Waals surface area contributed by atoms with E-state index in [1.165, 1.54) is 5.56 Å². The topological polar surface area (TPSA) is 63.7 Å². The van der Waals surface area contributed by atoms with Crippen molar-refractivity contribution >= 4 is 0 Å². The Hall–Kier alpha value is -4.25. The number of hydrogen-bond donors (Lipinski definition) is 1. The van der Waals surface area contributed by atoms with Gasteiger partial charge in [-0.15, -0.1) is 0 Å². The highest BCUT2D eigenvalue weighted by Gasteiger charge is 2.12. The smallest absolute Gasteiger partial charge is 0.119 e. The molecule has 0 saturated carbocycles. The van der Waals surface area contributed by atoms with E-state index < -0.39 is 0 Å². The number of aromatic amines is 1. The molecular formula is C29H26N4O. The van der Waals surface area contributed by atoms with Crippen LogP contribution >= 0.6 is 0 Å². The van der Waals surface area contributed by atoms with Crippen LogP contribution in [-0.4, -0.2) is 26.5 Å². The van der Waals surface area contributed by atoms with Crippen LogP contribution in [-0.2, 0) is 12.8 Å². The maximum atomic E-state index is 5.95. The molecule has 0 saturated heterocycles. The molecule has 0 aliphatic carbocycles. The molecule has 0 aliphatic heterocycles. The van der Waals surface area contributed by atoms with Crippen LogP contribution in [0.25, 0.3) is 22.5 Å². The fourth-order valence-electron chi connectivity index (χ4n) is 3.89. The Labute approximate surface area is 199 Å². The molecule has 0 fully saturated rings. The normalized spacial score (nSPS) is 10.8. The van der Waals surface area contributed by atoms with Crippen LogP contribution in [0, 0.1) is 0 Å². The summed E-state index contributed by atoms with van der Waals surface area (Å²) in [6, 6.07) is 28.7. The minimum atomic E-state index is 0.625. The van der Waals surface area contributed by atoms with E-state index in [9.17, 15) is 0 Å². The van der Waals surface area contributed by atoms with E-state index >= 15 is 0 Å². The van der Waals surface area contributed by atoms with Crippen molar-refractivity contribution < 1.29 is 4.74 Å². The van der Waals surface area contributed by atoms with E-state index in [4.69, 9.17) is 14.7 Å². The average Bonchev–Trinajstić information content (AvgIpc) is 3.42. The molecule has 0 bridgehead atoms. The summed E-state index contributed by atoms with van der Waals surface area (Å²) in [6.45, 7) is 0.625. The van der Waals surface area contributed by atoms with Crippen molar-refractivity contribution in [1.29, 1.82) is 0 Å². The van der Waals surface area contributed by atoms with Gasteiger partial charge in [-0.2, -0.15) is 0 Å². The highest BCUT2D eigenvalue weighted by Crippen LogP contribution is 2.28. The van der Waals surface area contributed by atoms with Gasteiger partial charge in [-0.25, -0.2) is 9.97 Å². The molecule has 5 aromatic rings. The summed E-state index contributed by atoms with van der Waals surface area (Å²) in [5.41, 5.74) is 6.13. The SMILES string of the molecule is c1ccc(-c2ncc(CCCOc3ccc(Cc4ncc[nH]4)cc3)nc2-c2ccccc2)cc1. The lowest BCUT2D eigenvalue weighted by Crippen LogP contribution is -2.03. The summed E-state index contributed by atoms with van der Waals surface area (Å²) in [7, 11) is 0. The van der Waals surface area contributed by atoms with Gasteiger partial charge in [0, 0.05) is 36.1 Å². The fraction of sp³-hybridized carbons (Fsp3) is 0.138. The summed E-state index contributed by atoms with van der Waals surface area (Å²) >= 11 is 0. The third-order valence-corrected chi connectivity index (χ3v) is 5.61. The van der Waals surface area contributed by atoms with Crippen molar-refractivity contribution in [2.45, 2.75) is 19.3 Å². The second kappa shape index (κ2) is 10.6. The first-order chi connectivity index (χ1) is 16.8. The molecule has 0 radical (unpaired) electrons. The van der Waals surface area contributed by atoms with E-state index in [1.807, 2.05) is 60.9 Å². The maximum absolute atomic E-state index is 5.95. The summed E-state index contributed by atoms with van der Waals surface area (Å²) in [5, 5.41) is 0. The number of nitrogens with zero attached hydrogens (tertiary/aromatic N) is 3. The van der Waals surface area contributed by atoms with Crippen LogP contribution in [0.3, 0.4) is 0 Å². The van der Waals surface area contributed by atoms with Crippen molar-refractivity contribution in [3.63, 3.8) is 0 Å². The lowest BCUT2D eigenvalue weighted by molar-refractivity contribution is 0.310. The molecule has 5 nitrogen and oxygen atoms in total. The van der Waals surface area contributed by atoms with Crippen LogP contribution in [0.5, 0.6) is 5.75 Å². The highest BCUT2D eigenvalue weighted by atomic mass is 16.5. The van der Waals surface area contributed by atoms with Crippen LogP contribution in [0.15, 0.2) is 104 Å². The molecule has 1 N–H and O–H groups in total. The number of aryl methyl sites for hydroxylation is 1. The van der Waals surface area contributed by atoms with Crippen molar-refractivity contribution in [3.8, 4) is 28.3 Å². The summed E-state index contributed by atoms with van der Waals surface area (Å²) < 4.78 is 5.95. The average molecular weight is 447 g/mol. The second-order valence-corrected chi connectivity index (χ2v) is 8.10. The van der Waals surface area contributed by atoms with Gasteiger partial charge in [0.1, 0.15) is 11.6 Å². The van der Waals surface area contributed by atoms with Crippen molar-refractivity contribution in [2.24, 2.45) is 0 Å². The first-order valence-electron chi connectivity index (χ1n) is 11.5. The number of aromatic nitrogens is 4. The van der Waals surface area contributed by atoms with Crippen LogP contribution in [0.1, 0.15) is 23.5 Å². The van der Waals surface area contributed by atoms with Gasteiger partial charge in [-0.1, -0.05) is 72.8 Å². The lowest BCUT2D eigenvalue weighted by atomic mass is 10.0. The summed E-state index contributed by atoms with van der Waals surface area (Å²) in [5.74, 6) is 1.83. The molecule has 2 heterocycles. The standard InChI is InChI=1S/C29H26N4O/c1-3-8-23(9-4-1)28-29(24-10-5-2-6-11-24)33-25(21-32-28)12-7-19-34-26-15-13-22(14-16-26)20-27-30-17-18-31-27/h1-6,8-11,13-18,21H,7,12,19-20H2,(H,30,31). The zero-order valence-corrected chi connectivity index (χ0v) is 18.9. The van der Waals surface area contributed by atoms with E-state index in [2.05, 4.69) is 46.4 Å². The predicted molar refractivity (Wildman–Crippen MR) is 135 cm³/mol. The minimum absolute atomic E-state index is 0.625. The molecule has 5 rings (SSSR count). The number of nitrogens with one attached hydrogen (secondary N) is 1. The van der Waals surface area contributed by atoms with Crippen LogP contribution in [0.4, 0.5) is 0 Å². The monoisotopic (exact) mass is 446 g/mol. The molecule has 0 atom stereocenters. The Morgan fingerprint density at radius 1 is 0.735 bits per heavy atom. The molecule has 0 aliphatic rings. The van der Waals surface area contributed by atoms with Crippen molar-refractivity contribution in [1.82, 2.24) is 19.9 Å². The van der Waals surface area contributed by atoms with Crippen molar-refractivity contribution in [3.05, 3.63) is 121 Å². The zero-order valence-electron chi connectivity index (χ0n) is 18.9. The number of imidazole rings is 1. The summed E-state index contributed by atoms with van der Waals surface area (Å²) in [4.78, 5) is 17.2. The minimum Gasteiger partial charge on any atom is -0.494 e. The molecule has 168 valence electrons.